The monoisotopic (exact) mass is 374 g/mol. The summed E-state index contributed by atoms with van der Waals surface area (Å²) in [6.45, 7) is 3.05. The first kappa shape index (κ1) is 24.4. The minimum absolute atomic E-state index is 0.0635. The summed E-state index contributed by atoms with van der Waals surface area (Å²) in [5.74, 6) is -1.42. The van der Waals surface area contributed by atoms with E-state index in [0.717, 1.165) is 12.8 Å². The van der Waals surface area contributed by atoms with Gasteiger partial charge in [-0.3, -0.25) is 14.4 Å². The smallest absolute Gasteiger partial charge is 0.305 e. The Balaban J connectivity index is 3.30. The molecule has 0 atom stereocenters. The molecule has 0 spiro atoms. The number of hydrogen-bond acceptors (Lipinski definition) is 6. The van der Waals surface area contributed by atoms with Crippen molar-refractivity contribution >= 4 is 17.9 Å². The Morgan fingerprint density at radius 3 is 1.65 bits per heavy atom. The van der Waals surface area contributed by atoms with E-state index in [1.54, 1.807) is 0 Å². The Bertz CT molecular complexity index is 382. The predicted octanol–water partition coefficient (Wildman–Crippen LogP) is 3.49. The second-order valence-electron chi connectivity index (χ2n) is 6.17. The topological polar surface area (TPSA) is 99.1 Å². The van der Waals surface area contributed by atoms with E-state index in [-0.39, 0.29) is 51.2 Å². The number of aliphatic carboxylic acids is 1. The molecule has 0 bridgehead atoms. The average Bonchev–Trinajstić information content (AvgIpc) is 2.60. The number of carboxylic acids is 1. The molecule has 0 aliphatic heterocycles. The first-order valence-corrected chi connectivity index (χ1v) is 9.67. The molecular weight excluding hydrogens is 340 g/mol. The van der Waals surface area contributed by atoms with Crippen molar-refractivity contribution in [2.24, 2.45) is 0 Å². The van der Waals surface area contributed by atoms with Crippen LogP contribution in [-0.4, -0.2) is 49.4 Å². The van der Waals surface area contributed by atoms with Crippen molar-refractivity contribution in [3.05, 3.63) is 0 Å². The van der Waals surface area contributed by atoms with Crippen LogP contribution in [0.15, 0.2) is 0 Å². The van der Waals surface area contributed by atoms with Crippen LogP contribution in [-0.2, 0) is 28.6 Å². The molecule has 0 saturated heterocycles. The van der Waals surface area contributed by atoms with Gasteiger partial charge in [0.1, 0.15) is 13.2 Å². The third kappa shape index (κ3) is 18.7. The maximum Gasteiger partial charge on any atom is 0.305 e. The van der Waals surface area contributed by atoms with Crippen LogP contribution in [0.1, 0.15) is 77.6 Å². The van der Waals surface area contributed by atoms with Gasteiger partial charge < -0.3 is 19.3 Å². The SMILES string of the molecule is CCCCCCCCC(=O)OCCOCCOC(=O)CCCCC(=O)O. The highest BCUT2D eigenvalue weighted by Gasteiger charge is 2.05. The fourth-order valence-corrected chi connectivity index (χ4v) is 2.27. The van der Waals surface area contributed by atoms with Crippen LogP contribution in [0.25, 0.3) is 0 Å². The molecule has 7 nitrogen and oxygen atoms in total. The van der Waals surface area contributed by atoms with Crippen LogP contribution in [0.3, 0.4) is 0 Å². The quantitative estimate of drug-likeness (QED) is 0.289. The third-order valence-corrected chi connectivity index (χ3v) is 3.74. The molecule has 0 rings (SSSR count). The molecule has 0 unspecified atom stereocenters. The van der Waals surface area contributed by atoms with E-state index in [4.69, 9.17) is 19.3 Å². The molecule has 0 saturated carbocycles. The van der Waals surface area contributed by atoms with Gasteiger partial charge >= 0.3 is 17.9 Å². The maximum atomic E-state index is 11.5. The number of unbranched alkanes of at least 4 members (excludes halogenated alkanes) is 6. The highest BCUT2D eigenvalue weighted by Crippen LogP contribution is 2.07. The number of ether oxygens (including phenoxy) is 3. The summed E-state index contributed by atoms with van der Waals surface area (Å²) in [7, 11) is 0. The van der Waals surface area contributed by atoms with Gasteiger partial charge in [0.15, 0.2) is 0 Å². The van der Waals surface area contributed by atoms with Crippen molar-refractivity contribution in [1.29, 1.82) is 0 Å². The molecule has 0 radical (unpaired) electrons. The standard InChI is InChI=1S/C19H34O7/c1-2-3-4-5-6-7-11-18(22)25-15-13-24-14-16-26-19(23)12-9-8-10-17(20)21/h2-16H2,1H3,(H,20,21). The van der Waals surface area contributed by atoms with Crippen LogP contribution in [0.4, 0.5) is 0 Å². The number of rotatable bonds is 18. The van der Waals surface area contributed by atoms with E-state index >= 15 is 0 Å². The molecule has 0 aromatic rings. The molecular formula is C19H34O7. The highest BCUT2D eigenvalue weighted by molar-refractivity contribution is 5.70. The molecule has 7 heteroatoms. The Hall–Kier alpha value is -1.63. The van der Waals surface area contributed by atoms with Gasteiger partial charge in [-0.15, -0.1) is 0 Å². The lowest BCUT2D eigenvalue weighted by Crippen LogP contribution is -2.14. The van der Waals surface area contributed by atoms with Gasteiger partial charge in [-0.2, -0.15) is 0 Å². The van der Waals surface area contributed by atoms with Gasteiger partial charge in [-0.05, 0) is 19.3 Å². The first-order chi connectivity index (χ1) is 12.6. The zero-order chi connectivity index (χ0) is 19.5. The maximum absolute atomic E-state index is 11.5. The largest absolute Gasteiger partial charge is 0.481 e. The van der Waals surface area contributed by atoms with Gasteiger partial charge in [0.05, 0.1) is 13.2 Å². The van der Waals surface area contributed by atoms with Crippen molar-refractivity contribution in [3.63, 3.8) is 0 Å². The van der Waals surface area contributed by atoms with Crippen LogP contribution < -0.4 is 0 Å². The molecule has 0 aliphatic carbocycles. The molecule has 1 N–H and O–H groups in total. The van der Waals surface area contributed by atoms with E-state index < -0.39 is 5.97 Å². The summed E-state index contributed by atoms with van der Waals surface area (Å²) in [6, 6.07) is 0. The summed E-state index contributed by atoms with van der Waals surface area (Å²) in [5.41, 5.74) is 0. The molecule has 152 valence electrons. The first-order valence-electron chi connectivity index (χ1n) is 9.67. The molecule has 0 amide bonds. The number of hydrogen-bond donors (Lipinski definition) is 1. The normalized spacial score (nSPS) is 10.5. The molecule has 0 aromatic heterocycles. The van der Waals surface area contributed by atoms with E-state index in [2.05, 4.69) is 6.92 Å². The summed E-state index contributed by atoms with van der Waals surface area (Å²) >= 11 is 0. The Morgan fingerprint density at radius 1 is 0.654 bits per heavy atom. The van der Waals surface area contributed by atoms with Crippen LogP contribution >= 0.6 is 0 Å². The predicted molar refractivity (Wildman–Crippen MR) is 96.8 cm³/mol. The summed E-state index contributed by atoms with van der Waals surface area (Å²) in [4.78, 5) is 33.2. The van der Waals surface area contributed by atoms with Crippen LogP contribution in [0, 0.1) is 0 Å². The number of esters is 2. The minimum atomic E-state index is -0.862. The zero-order valence-electron chi connectivity index (χ0n) is 16.0. The van der Waals surface area contributed by atoms with Gasteiger partial charge in [0, 0.05) is 19.3 Å². The number of carbonyl (C=O) groups is 3. The molecule has 26 heavy (non-hydrogen) atoms. The van der Waals surface area contributed by atoms with E-state index in [1.807, 2.05) is 0 Å². The Labute approximate surface area is 156 Å². The number of carboxylic acid groups (broad SMARTS) is 1. The van der Waals surface area contributed by atoms with Crippen molar-refractivity contribution in [2.45, 2.75) is 77.6 Å². The second-order valence-corrected chi connectivity index (χ2v) is 6.17. The van der Waals surface area contributed by atoms with E-state index in [9.17, 15) is 14.4 Å². The third-order valence-electron chi connectivity index (χ3n) is 3.74. The Kier molecular flexibility index (Phi) is 17.0. The highest BCUT2D eigenvalue weighted by atomic mass is 16.6. The van der Waals surface area contributed by atoms with E-state index in [1.165, 1.54) is 25.7 Å². The zero-order valence-corrected chi connectivity index (χ0v) is 16.0. The average molecular weight is 374 g/mol. The Morgan fingerprint density at radius 2 is 1.12 bits per heavy atom. The summed E-state index contributed by atoms with van der Waals surface area (Å²) in [6.07, 6.45) is 8.48. The van der Waals surface area contributed by atoms with Crippen LogP contribution in [0.5, 0.6) is 0 Å². The van der Waals surface area contributed by atoms with Gasteiger partial charge in [0.25, 0.3) is 0 Å². The van der Waals surface area contributed by atoms with Crippen molar-refractivity contribution in [3.8, 4) is 0 Å². The number of carbonyl (C=O) groups excluding carboxylic acids is 2. The lowest BCUT2D eigenvalue weighted by Gasteiger charge is -2.07. The van der Waals surface area contributed by atoms with Gasteiger partial charge in [0.2, 0.25) is 0 Å². The van der Waals surface area contributed by atoms with Crippen molar-refractivity contribution in [2.75, 3.05) is 26.4 Å². The van der Waals surface area contributed by atoms with Crippen molar-refractivity contribution < 1.29 is 33.7 Å². The molecule has 0 heterocycles. The fourth-order valence-electron chi connectivity index (χ4n) is 2.27. The lowest BCUT2D eigenvalue weighted by molar-refractivity contribution is -0.147. The molecule has 0 fully saturated rings. The summed E-state index contributed by atoms with van der Waals surface area (Å²) < 4.78 is 15.2. The molecule has 0 aliphatic rings. The van der Waals surface area contributed by atoms with Gasteiger partial charge in [-0.1, -0.05) is 39.0 Å². The molecule has 0 aromatic carbocycles. The second kappa shape index (κ2) is 18.2. The van der Waals surface area contributed by atoms with Gasteiger partial charge in [-0.25, -0.2) is 0 Å². The van der Waals surface area contributed by atoms with Crippen molar-refractivity contribution in [1.82, 2.24) is 0 Å². The lowest BCUT2D eigenvalue weighted by atomic mass is 10.1. The summed E-state index contributed by atoms with van der Waals surface area (Å²) in [5, 5.41) is 8.48. The van der Waals surface area contributed by atoms with Crippen LogP contribution in [0.2, 0.25) is 0 Å². The minimum Gasteiger partial charge on any atom is -0.481 e. The fraction of sp³-hybridized carbons (Fsp3) is 0.842. The van der Waals surface area contributed by atoms with E-state index in [0.29, 0.717) is 19.3 Å².